The molecule has 1 heterocycles. The fraction of sp³-hybridized carbons (Fsp3) is 0.500. The number of amides is 1. The van der Waals surface area contributed by atoms with Crippen LogP contribution in [0.2, 0.25) is 0 Å². The zero-order chi connectivity index (χ0) is 14.1. The molecule has 1 amide bonds. The number of hydrogen-bond donors (Lipinski definition) is 2. The number of pyridine rings is 1. The maximum atomic E-state index is 12.0. The van der Waals surface area contributed by atoms with E-state index in [0.717, 1.165) is 19.1 Å². The molecule has 0 bridgehead atoms. The van der Waals surface area contributed by atoms with E-state index in [0.29, 0.717) is 18.5 Å². The smallest absolute Gasteiger partial charge is 0.244 e. The number of sulfone groups is 1. The number of nitrogens with zero attached hydrogens (tertiary/aromatic N) is 1. The molecule has 1 aliphatic carbocycles. The lowest BCUT2D eigenvalue weighted by Gasteiger charge is -2.22. The summed E-state index contributed by atoms with van der Waals surface area (Å²) in [4.78, 5) is 15.8. The van der Waals surface area contributed by atoms with Gasteiger partial charge in [0.25, 0.3) is 0 Å². The molecule has 0 unspecified atom stereocenters. The van der Waals surface area contributed by atoms with Gasteiger partial charge in [-0.05, 0) is 25.0 Å². The van der Waals surface area contributed by atoms with Crippen LogP contribution < -0.4 is 11.1 Å². The predicted molar refractivity (Wildman–Crippen MR) is 71.4 cm³/mol. The summed E-state index contributed by atoms with van der Waals surface area (Å²) < 4.78 is 22.5. The molecule has 0 saturated heterocycles. The molecule has 0 spiro atoms. The second kappa shape index (κ2) is 4.90. The lowest BCUT2D eigenvalue weighted by atomic mass is 9.98. The van der Waals surface area contributed by atoms with Gasteiger partial charge in [0, 0.05) is 6.26 Å². The number of carbonyl (C=O) groups is 1. The zero-order valence-electron chi connectivity index (χ0n) is 10.7. The van der Waals surface area contributed by atoms with Crippen LogP contribution in [0.15, 0.2) is 23.4 Å². The highest BCUT2D eigenvalue weighted by Crippen LogP contribution is 2.28. The van der Waals surface area contributed by atoms with Gasteiger partial charge in [-0.15, -0.1) is 0 Å². The van der Waals surface area contributed by atoms with Crippen LogP contribution in [0.25, 0.3) is 0 Å². The Bertz CT molecular complexity index is 575. The number of anilines is 1. The van der Waals surface area contributed by atoms with Crippen LogP contribution in [0, 0.1) is 0 Å². The Morgan fingerprint density at radius 2 is 2.00 bits per heavy atom. The van der Waals surface area contributed by atoms with Crippen molar-refractivity contribution in [1.29, 1.82) is 0 Å². The first kappa shape index (κ1) is 14.0. The van der Waals surface area contributed by atoms with Gasteiger partial charge in [-0.3, -0.25) is 4.79 Å². The summed E-state index contributed by atoms with van der Waals surface area (Å²) in [6.07, 6.45) is 5.67. The Morgan fingerprint density at radius 1 is 1.37 bits per heavy atom. The standard InChI is InChI=1S/C12H17N3O3S/c1-19(17,18)10-5-4-9(8-14-10)15-11(16)12(13)6-2-3-7-12/h4-5,8H,2-3,6-7,13H2,1H3,(H,15,16). The first-order chi connectivity index (χ1) is 8.81. The Hall–Kier alpha value is -1.47. The SMILES string of the molecule is CS(=O)(=O)c1ccc(NC(=O)C2(N)CCCC2)cn1. The van der Waals surface area contributed by atoms with Crippen molar-refractivity contribution in [3.05, 3.63) is 18.3 Å². The predicted octanol–water partition coefficient (Wildman–Crippen LogP) is 0.695. The lowest BCUT2D eigenvalue weighted by Crippen LogP contribution is -2.48. The molecule has 0 aliphatic heterocycles. The maximum absolute atomic E-state index is 12.0. The lowest BCUT2D eigenvalue weighted by molar-refractivity contribution is -0.121. The summed E-state index contributed by atoms with van der Waals surface area (Å²) in [5.74, 6) is -0.237. The molecule has 1 fully saturated rings. The van der Waals surface area contributed by atoms with E-state index in [1.807, 2.05) is 0 Å². The average Bonchev–Trinajstić information content (AvgIpc) is 2.77. The van der Waals surface area contributed by atoms with Gasteiger partial charge in [-0.2, -0.15) is 0 Å². The minimum absolute atomic E-state index is 0.0196. The average molecular weight is 283 g/mol. The first-order valence-corrected chi connectivity index (χ1v) is 7.97. The Kier molecular flexibility index (Phi) is 3.60. The number of rotatable bonds is 3. The van der Waals surface area contributed by atoms with E-state index >= 15 is 0 Å². The topological polar surface area (TPSA) is 102 Å². The van der Waals surface area contributed by atoms with Crippen molar-refractivity contribution in [3.63, 3.8) is 0 Å². The Balaban J connectivity index is 2.10. The van der Waals surface area contributed by atoms with Crippen LogP contribution in [0.3, 0.4) is 0 Å². The highest BCUT2D eigenvalue weighted by molar-refractivity contribution is 7.90. The molecule has 7 heteroatoms. The van der Waals surface area contributed by atoms with Crippen molar-refractivity contribution in [2.24, 2.45) is 5.73 Å². The van der Waals surface area contributed by atoms with Gasteiger partial charge in [-0.25, -0.2) is 13.4 Å². The molecule has 2 rings (SSSR count). The molecule has 1 aromatic heterocycles. The first-order valence-electron chi connectivity index (χ1n) is 6.08. The number of carbonyl (C=O) groups excluding carboxylic acids is 1. The summed E-state index contributed by atoms with van der Waals surface area (Å²) in [5, 5.41) is 2.66. The fourth-order valence-corrected chi connectivity index (χ4v) is 2.72. The van der Waals surface area contributed by atoms with E-state index in [1.165, 1.54) is 18.3 Å². The van der Waals surface area contributed by atoms with Crippen LogP contribution >= 0.6 is 0 Å². The molecule has 1 saturated carbocycles. The highest BCUT2D eigenvalue weighted by atomic mass is 32.2. The molecule has 1 aromatic rings. The fourth-order valence-electron chi connectivity index (χ4n) is 2.16. The molecule has 1 aliphatic rings. The van der Waals surface area contributed by atoms with E-state index in [9.17, 15) is 13.2 Å². The molecule has 0 radical (unpaired) electrons. The molecule has 104 valence electrons. The molecule has 3 N–H and O–H groups in total. The number of aromatic nitrogens is 1. The van der Waals surface area contributed by atoms with Crippen LogP contribution in [-0.2, 0) is 14.6 Å². The summed E-state index contributed by atoms with van der Waals surface area (Å²) >= 11 is 0. The Labute approximate surface area is 112 Å². The maximum Gasteiger partial charge on any atom is 0.244 e. The summed E-state index contributed by atoms with van der Waals surface area (Å²) in [5.41, 5.74) is 5.66. The van der Waals surface area contributed by atoms with Crippen LogP contribution in [0.5, 0.6) is 0 Å². The normalized spacial score (nSPS) is 18.2. The van der Waals surface area contributed by atoms with Crippen molar-refractivity contribution in [2.45, 2.75) is 36.2 Å². The molecule has 19 heavy (non-hydrogen) atoms. The molecular formula is C12H17N3O3S. The van der Waals surface area contributed by atoms with E-state index < -0.39 is 15.4 Å². The van der Waals surface area contributed by atoms with Gasteiger partial charge in [0.1, 0.15) is 0 Å². The van der Waals surface area contributed by atoms with Gasteiger partial charge in [-0.1, -0.05) is 12.8 Å². The van der Waals surface area contributed by atoms with Gasteiger partial charge in [0.05, 0.1) is 17.4 Å². The summed E-state index contributed by atoms with van der Waals surface area (Å²) in [6.45, 7) is 0. The van der Waals surface area contributed by atoms with Gasteiger partial charge < -0.3 is 11.1 Å². The van der Waals surface area contributed by atoms with Crippen molar-refractivity contribution < 1.29 is 13.2 Å². The molecule has 0 atom stereocenters. The largest absolute Gasteiger partial charge is 0.323 e. The summed E-state index contributed by atoms with van der Waals surface area (Å²) in [6, 6.07) is 2.88. The van der Waals surface area contributed by atoms with Gasteiger partial charge >= 0.3 is 0 Å². The second-order valence-corrected chi connectivity index (χ2v) is 6.94. The minimum Gasteiger partial charge on any atom is -0.323 e. The van der Waals surface area contributed by atoms with Crippen molar-refractivity contribution in [1.82, 2.24) is 4.98 Å². The second-order valence-electron chi connectivity index (χ2n) is 4.97. The van der Waals surface area contributed by atoms with Gasteiger partial charge in [0.2, 0.25) is 5.91 Å². The van der Waals surface area contributed by atoms with Gasteiger partial charge in [0.15, 0.2) is 14.9 Å². The van der Waals surface area contributed by atoms with Crippen molar-refractivity contribution in [3.8, 4) is 0 Å². The molecular weight excluding hydrogens is 266 g/mol. The highest BCUT2D eigenvalue weighted by Gasteiger charge is 2.36. The van der Waals surface area contributed by atoms with Crippen LogP contribution in [-0.4, -0.2) is 31.1 Å². The third-order valence-corrected chi connectivity index (χ3v) is 4.32. The van der Waals surface area contributed by atoms with Crippen LogP contribution in [0.4, 0.5) is 5.69 Å². The number of nitrogens with one attached hydrogen (secondary N) is 1. The summed E-state index contributed by atoms with van der Waals surface area (Å²) in [7, 11) is -3.32. The van der Waals surface area contributed by atoms with E-state index in [2.05, 4.69) is 10.3 Å². The number of nitrogens with two attached hydrogens (primary N) is 1. The van der Waals surface area contributed by atoms with Crippen LogP contribution in [0.1, 0.15) is 25.7 Å². The van der Waals surface area contributed by atoms with E-state index in [1.54, 1.807) is 0 Å². The Morgan fingerprint density at radius 3 is 2.47 bits per heavy atom. The van der Waals surface area contributed by atoms with E-state index in [4.69, 9.17) is 5.73 Å². The minimum atomic E-state index is -3.32. The monoisotopic (exact) mass is 283 g/mol. The third kappa shape index (κ3) is 3.10. The van der Waals surface area contributed by atoms with Crippen molar-refractivity contribution >= 4 is 21.4 Å². The molecule has 6 nitrogen and oxygen atoms in total. The van der Waals surface area contributed by atoms with Crippen molar-refractivity contribution in [2.75, 3.05) is 11.6 Å². The number of hydrogen-bond acceptors (Lipinski definition) is 5. The third-order valence-electron chi connectivity index (χ3n) is 3.32. The zero-order valence-corrected chi connectivity index (χ0v) is 11.5. The molecule has 0 aromatic carbocycles. The quantitative estimate of drug-likeness (QED) is 0.850. The van der Waals surface area contributed by atoms with E-state index in [-0.39, 0.29) is 10.9 Å².